The minimum atomic E-state index is -0.123. The van der Waals surface area contributed by atoms with Crippen LogP contribution in [-0.4, -0.2) is 56.7 Å². The molecule has 1 aromatic carbocycles. The highest BCUT2D eigenvalue weighted by molar-refractivity contribution is 6.35. The van der Waals surface area contributed by atoms with E-state index in [1.54, 1.807) is 19.4 Å². The predicted octanol–water partition coefficient (Wildman–Crippen LogP) is 3.36. The molecule has 0 spiro atoms. The van der Waals surface area contributed by atoms with Gasteiger partial charge in [-0.25, -0.2) is 0 Å². The van der Waals surface area contributed by atoms with Crippen LogP contribution in [0.4, 0.5) is 5.69 Å². The summed E-state index contributed by atoms with van der Waals surface area (Å²) in [6.07, 6.45) is 4.68. The van der Waals surface area contributed by atoms with E-state index in [0.29, 0.717) is 22.1 Å². The van der Waals surface area contributed by atoms with Crippen LogP contribution in [0.1, 0.15) is 29.6 Å². The van der Waals surface area contributed by atoms with Crippen LogP contribution < -0.4 is 10.6 Å². The number of rotatable bonds is 5. The Morgan fingerprint density at radius 2 is 2.15 bits per heavy atom. The van der Waals surface area contributed by atoms with E-state index in [1.807, 2.05) is 6.07 Å². The van der Waals surface area contributed by atoms with Crippen molar-refractivity contribution >= 4 is 34.2 Å². The summed E-state index contributed by atoms with van der Waals surface area (Å²) in [6, 6.07) is 3.69. The third kappa shape index (κ3) is 3.93. The molecule has 0 aliphatic carbocycles. The number of likely N-dealkylation sites (tertiary alicyclic amines) is 1. The summed E-state index contributed by atoms with van der Waals surface area (Å²) in [7, 11) is 1.80. The number of nitrogens with one attached hydrogen (secondary N) is 2. The van der Waals surface area contributed by atoms with Gasteiger partial charge in [-0.3, -0.25) is 4.79 Å². The van der Waals surface area contributed by atoms with Gasteiger partial charge in [0.05, 0.1) is 29.1 Å². The molecule has 27 heavy (non-hydrogen) atoms. The lowest BCUT2D eigenvalue weighted by atomic mass is 10.0. The fraction of sp³-hybridized carbons (Fsp3) is 0.550. The fourth-order valence-electron chi connectivity index (χ4n) is 4.15. The second-order valence-corrected chi connectivity index (χ2v) is 7.88. The first-order chi connectivity index (χ1) is 13.2. The number of halogens is 1. The number of carbonyl (C=O) groups is 1. The van der Waals surface area contributed by atoms with Crippen LogP contribution in [0, 0.1) is 5.92 Å². The molecule has 1 amide bonds. The van der Waals surface area contributed by atoms with E-state index in [-0.39, 0.29) is 11.9 Å². The molecule has 0 bridgehead atoms. The van der Waals surface area contributed by atoms with Crippen molar-refractivity contribution in [1.29, 1.82) is 0 Å². The second-order valence-electron chi connectivity index (χ2n) is 7.47. The van der Waals surface area contributed by atoms with Crippen LogP contribution in [0.15, 0.2) is 22.8 Å². The molecule has 1 unspecified atom stereocenters. The zero-order valence-electron chi connectivity index (χ0n) is 15.6. The van der Waals surface area contributed by atoms with Crippen LogP contribution in [0.3, 0.4) is 0 Å². The average Bonchev–Trinajstić information content (AvgIpc) is 3.34. The number of piperidine rings is 1. The summed E-state index contributed by atoms with van der Waals surface area (Å²) in [5.74, 6) is 0.540. The quantitative estimate of drug-likeness (QED) is 0.818. The minimum Gasteiger partial charge on any atom is -0.463 e. The molecular formula is C20H26ClN3O3. The zero-order chi connectivity index (χ0) is 18.8. The van der Waals surface area contributed by atoms with E-state index < -0.39 is 0 Å². The number of benzene rings is 1. The van der Waals surface area contributed by atoms with Crippen LogP contribution in [0.25, 0.3) is 11.0 Å². The van der Waals surface area contributed by atoms with Gasteiger partial charge in [-0.05, 0) is 37.3 Å². The van der Waals surface area contributed by atoms with E-state index in [1.165, 1.54) is 6.42 Å². The molecule has 0 saturated carbocycles. The highest BCUT2D eigenvalue weighted by Gasteiger charge is 2.26. The van der Waals surface area contributed by atoms with Gasteiger partial charge in [0.15, 0.2) is 0 Å². The molecule has 2 saturated heterocycles. The standard InChI is InChI=1S/C20H26ClN3O3/c1-22-18-15-5-9-27-19(15)16(10-17(18)21)20(25)23-14-2-6-24(7-3-14)11-13-4-8-26-12-13/h5,9-10,13-14,22H,2-4,6-8,11-12H2,1H3,(H,23,25). The van der Waals surface area contributed by atoms with Gasteiger partial charge in [-0.1, -0.05) is 11.6 Å². The maximum absolute atomic E-state index is 12.9. The Kier molecular flexibility index (Phi) is 5.57. The summed E-state index contributed by atoms with van der Waals surface area (Å²) >= 11 is 6.35. The number of furan rings is 1. The number of ether oxygens (including phenoxy) is 1. The molecule has 0 radical (unpaired) electrons. The Bertz CT molecular complexity index is 808. The summed E-state index contributed by atoms with van der Waals surface area (Å²) in [6.45, 7) is 4.91. The van der Waals surface area contributed by atoms with Crippen LogP contribution in [0.2, 0.25) is 5.02 Å². The van der Waals surface area contributed by atoms with Crippen molar-refractivity contribution in [2.24, 2.45) is 5.92 Å². The van der Waals surface area contributed by atoms with Gasteiger partial charge in [0.1, 0.15) is 5.58 Å². The van der Waals surface area contributed by atoms with Gasteiger partial charge in [0.25, 0.3) is 5.91 Å². The number of anilines is 1. The second kappa shape index (κ2) is 8.09. The van der Waals surface area contributed by atoms with E-state index in [9.17, 15) is 4.79 Å². The average molecular weight is 392 g/mol. The smallest absolute Gasteiger partial charge is 0.255 e. The summed E-state index contributed by atoms with van der Waals surface area (Å²) in [4.78, 5) is 15.3. The third-order valence-corrected chi connectivity index (χ3v) is 5.94. The van der Waals surface area contributed by atoms with Gasteiger partial charge < -0.3 is 24.7 Å². The van der Waals surface area contributed by atoms with Gasteiger partial charge in [-0.2, -0.15) is 0 Å². The number of nitrogens with zero attached hydrogens (tertiary/aromatic N) is 1. The normalized spacial score (nSPS) is 21.6. The summed E-state index contributed by atoms with van der Waals surface area (Å²) < 4.78 is 11.0. The molecule has 1 aromatic heterocycles. The van der Waals surface area contributed by atoms with Crippen molar-refractivity contribution < 1.29 is 13.9 Å². The molecule has 3 heterocycles. The van der Waals surface area contributed by atoms with Crippen LogP contribution >= 0.6 is 11.6 Å². The van der Waals surface area contributed by atoms with Crippen molar-refractivity contribution in [2.45, 2.75) is 25.3 Å². The maximum atomic E-state index is 12.9. The number of carbonyl (C=O) groups excluding carboxylic acids is 1. The van der Waals surface area contributed by atoms with E-state index in [2.05, 4.69) is 15.5 Å². The molecule has 1 atom stereocenters. The van der Waals surface area contributed by atoms with Gasteiger partial charge in [0, 0.05) is 44.7 Å². The first-order valence-electron chi connectivity index (χ1n) is 9.64. The predicted molar refractivity (Wildman–Crippen MR) is 107 cm³/mol. The first-order valence-corrected chi connectivity index (χ1v) is 10.0. The largest absolute Gasteiger partial charge is 0.463 e. The van der Waals surface area contributed by atoms with E-state index in [0.717, 1.165) is 56.8 Å². The van der Waals surface area contributed by atoms with Crippen molar-refractivity contribution in [3.63, 3.8) is 0 Å². The monoisotopic (exact) mass is 391 g/mol. The Hall–Kier alpha value is -1.76. The summed E-state index contributed by atoms with van der Waals surface area (Å²) in [5.41, 5.74) is 1.84. The Balaban J connectivity index is 1.39. The molecule has 2 fully saturated rings. The first kappa shape index (κ1) is 18.6. The Morgan fingerprint density at radius 1 is 1.33 bits per heavy atom. The molecular weight excluding hydrogens is 366 g/mol. The highest BCUT2D eigenvalue weighted by Crippen LogP contribution is 2.34. The van der Waals surface area contributed by atoms with Gasteiger partial charge in [0.2, 0.25) is 0 Å². The fourth-order valence-corrected chi connectivity index (χ4v) is 4.45. The maximum Gasteiger partial charge on any atom is 0.255 e. The van der Waals surface area contributed by atoms with E-state index in [4.69, 9.17) is 20.8 Å². The van der Waals surface area contributed by atoms with E-state index >= 15 is 0 Å². The van der Waals surface area contributed by atoms with Crippen molar-refractivity contribution in [1.82, 2.24) is 10.2 Å². The number of hydrogen-bond donors (Lipinski definition) is 2. The molecule has 146 valence electrons. The van der Waals surface area contributed by atoms with Crippen LogP contribution in [-0.2, 0) is 4.74 Å². The van der Waals surface area contributed by atoms with Crippen LogP contribution in [0.5, 0.6) is 0 Å². The third-order valence-electron chi connectivity index (χ3n) is 5.65. The number of amides is 1. The minimum absolute atomic E-state index is 0.123. The highest BCUT2D eigenvalue weighted by atomic mass is 35.5. The topological polar surface area (TPSA) is 66.7 Å². The number of hydrogen-bond acceptors (Lipinski definition) is 5. The number of fused-ring (bicyclic) bond motifs is 1. The molecule has 2 aliphatic heterocycles. The molecule has 2 N–H and O–H groups in total. The Morgan fingerprint density at radius 3 is 2.85 bits per heavy atom. The lowest BCUT2D eigenvalue weighted by Crippen LogP contribution is -2.45. The lowest BCUT2D eigenvalue weighted by molar-refractivity contribution is 0.0904. The SMILES string of the molecule is CNc1c(Cl)cc(C(=O)NC2CCN(CC3CCOC3)CC2)c2occc12. The van der Waals surface area contributed by atoms with Crippen molar-refractivity contribution in [3.05, 3.63) is 29.0 Å². The lowest BCUT2D eigenvalue weighted by Gasteiger charge is -2.33. The molecule has 4 rings (SSSR count). The van der Waals surface area contributed by atoms with Gasteiger partial charge in [-0.15, -0.1) is 0 Å². The molecule has 7 heteroatoms. The van der Waals surface area contributed by atoms with Crippen molar-refractivity contribution in [3.8, 4) is 0 Å². The zero-order valence-corrected chi connectivity index (χ0v) is 16.3. The molecule has 6 nitrogen and oxygen atoms in total. The summed E-state index contributed by atoms with van der Waals surface area (Å²) in [5, 5.41) is 7.58. The van der Waals surface area contributed by atoms with Gasteiger partial charge >= 0.3 is 0 Å². The molecule has 2 aliphatic rings. The molecule has 2 aromatic rings. The Labute approximate surface area is 164 Å². The van der Waals surface area contributed by atoms with Crippen molar-refractivity contribution in [2.75, 3.05) is 45.2 Å².